The predicted octanol–water partition coefficient (Wildman–Crippen LogP) is 4.29. The number of ether oxygens (including phenoxy) is 1. The van der Waals surface area contributed by atoms with Crippen LogP contribution >= 0.6 is 0 Å². The maximum atomic E-state index is 5.51. The number of hydrogen-bond acceptors (Lipinski definition) is 6. The Kier molecular flexibility index (Phi) is 5.33. The second kappa shape index (κ2) is 8.49. The van der Waals surface area contributed by atoms with Crippen LogP contribution in [0, 0.1) is 11.8 Å². The Bertz CT molecular complexity index is 1140. The SMILES string of the molecule is COc1ccc2c(N3CC4CCN(C)CC4C3)cc(-c3ccc(N4CCCC4)cn3)nc2c1. The molecular formula is C27H33N5O. The van der Waals surface area contributed by atoms with Gasteiger partial charge in [0.25, 0.3) is 0 Å². The first-order chi connectivity index (χ1) is 16.2. The number of hydrogen-bond donors (Lipinski definition) is 0. The number of rotatable bonds is 4. The van der Waals surface area contributed by atoms with E-state index < -0.39 is 0 Å². The van der Waals surface area contributed by atoms with Crippen LogP contribution in [0.15, 0.2) is 42.6 Å². The van der Waals surface area contributed by atoms with Gasteiger partial charge in [0.15, 0.2) is 0 Å². The third kappa shape index (κ3) is 3.90. The van der Waals surface area contributed by atoms with Gasteiger partial charge in [-0.2, -0.15) is 0 Å². The van der Waals surface area contributed by atoms with Gasteiger partial charge in [0.2, 0.25) is 0 Å². The highest BCUT2D eigenvalue weighted by atomic mass is 16.5. The van der Waals surface area contributed by atoms with Crippen molar-refractivity contribution in [2.24, 2.45) is 11.8 Å². The average Bonchev–Trinajstić information content (AvgIpc) is 3.53. The summed E-state index contributed by atoms with van der Waals surface area (Å²) in [5.41, 5.74) is 5.33. The van der Waals surface area contributed by atoms with Gasteiger partial charge in [-0.1, -0.05) is 0 Å². The number of pyridine rings is 2. The summed E-state index contributed by atoms with van der Waals surface area (Å²) in [6.07, 6.45) is 5.85. The van der Waals surface area contributed by atoms with Crippen LogP contribution in [-0.4, -0.2) is 68.3 Å². The zero-order valence-electron chi connectivity index (χ0n) is 19.7. The molecule has 0 spiro atoms. The van der Waals surface area contributed by atoms with Crippen molar-refractivity contribution in [3.63, 3.8) is 0 Å². The number of fused-ring (bicyclic) bond motifs is 2. The standard InChI is InChI=1S/C27H33N5O/c1-30-12-9-19-17-32(18-20(19)16-30)27-14-26(29-25-13-22(33-2)6-7-23(25)27)24-8-5-21(15-28-24)31-10-3-4-11-31/h5-8,13-15,19-20H,3-4,9-12,16-18H2,1-2H3. The summed E-state index contributed by atoms with van der Waals surface area (Å²) in [4.78, 5) is 17.4. The van der Waals surface area contributed by atoms with Gasteiger partial charge in [-0.15, -0.1) is 0 Å². The van der Waals surface area contributed by atoms with Crippen LogP contribution in [-0.2, 0) is 0 Å². The Labute approximate surface area is 196 Å². The molecule has 0 N–H and O–H groups in total. The molecule has 2 unspecified atom stereocenters. The lowest BCUT2D eigenvalue weighted by Crippen LogP contribution is -2.37. The Morgan fingerprint density at radius 1 is 0.879 bits per heavy atom. The Morgan fingerprint density at radius 3 is 2.52 bits per heavy atom. The lowest BCUT2D eigenvalue weighted by Gasteiger charge is -2.31. The molecule has 3 fully saturated rings. The van der Waals surface area contributed by atoms with Gasteiger partial charge in [0.05, 0.1) is 35.9 Å². The van der Waals surface area contributed by atoms with Crippen molar-refractivity contribution in [2.75, 3.05) is 63.2 Å². The molecule has 0 aliphatic carbocycles. The highest BCUT2D eigenvalue weighted by Crippen LogP contribution is 2.39. The van der Waals surface area contributed by atoms with E-state index in [-0.39, 0.29) is 0 Å². The first-order valence-corrected chi connectivity index (χ1v) is 12.3. The third-order valence-corrected chi connectivity index (χ3v) is 7.82. The fourth-order valence-electron chi connectivity index (χ4n) is 5.96. The number of nitrogens with zero attached hydrogens (tertiary/aromatic N) is 5. The summed E-state index contributed by atoms with van der Waals surface area (Å²) in [7, 11) is 3.97. The van der Waals surface area contributed by atoms with Gasteiger partial charge in [0, 0.05) is 49.9 Å². The molecular weight excluding hydrogens is 410 g/mol. The predicted molar refractivity (Wildman–Crippen MR) is 134 cm³/mol. The molecule has 6 nitrogen and oxygen atoms in total. The van der Waals surface area contributed by atoms with Crippen molar-refractivity contribution >= 4 is 22.3 Å². The molecule has 1 aromatic carbocycles. The molecule has 0 radical (unpaired) electrons. The van der Waals surface area contributed by atoms with Crippen LogP contribution in [0.5, 0.6) is 5.75 Å². The molecule has 0 saturated carbocycles. The van der Waals surface area contributed by atoms with E-state index in [0.717, 1.165) is 60.7 Å². The van der Waals surface area contributed by atoms with Crippen LogP contribution in [0.2, 0.25) is 0 Å². The first kappa shape index (κ1) is 20.7. The smallest absolute Gasteiger partial charge is 0.121 e. The highest BCUT2D eigenvalue weighted by molar-refractivity contribution is 5.95. The molecule has 6 heteroatoms. The zero-order chi connectivity index (χ0) is 22.4. The molecule has 2 aromatic heterocycles. The normalized spacial score (nSPS) is 23.3. The van der Waals surface area contributed by atoms with E-state index in [2.05, 4.69) is 52.1 Å². The lowest BCUT2D eigenvalue weighted by atomic mass is 9.89. The molecule has 3 saturated heterocycles. The van der Waals surface area contributed by atoms with E-state index in [1.165, 1.54) is 49.1 Å². The van der Waals surface area contributed by atoms with Crippen LogP contribution < -0.4 is 14.5 Å². The van der Waals surface area contributed by atoms with Gasteiger partial charge in [0.1, 0.15) is 5.75 Å². The van der Waals surface area contributed by atoms with Crippen molar-refractivity contribution in [1.82, 2.24) is 14.9 Å². The van der Waals surface area contributed by atoms with Crippen molar-refractivity contribution in [3.05, 3.63) is 42.6 Å². The van der Waals surface area contributed by atoms with E-state index in [4.69, 9.17) is 14.7 Å². The monoisotopic (exact) mass is 443 g/mol. The second-order valence-electron chi connectivity index (χ2n) is 9.98. The number of likely N-dealkylation sites (tertiary alicyclic amines) is 1. The number of benzene rings is 1. The van der Waals surface area contributed by atoms with Gasteiger partial charge in [-0.25, -0.2) is 4.98 Å². The summed E-state index contributed by atoms with van der Waals surface area (Å²) in [6.45, 7) is 6.91. The Morgan fingerprint density at radius 2 is 1.73 bits per heavy atom. The van der Waals surface area contributed by atoms with Crippen molar-refractivity contribution in [2.45, 2.75) is 19.3 Å². The summed E-state index contributed by atoms with van der Waals surface area (Å²) in [6, 6.07) is 12.9. The van der Waals surface area contributed by atoms with Crippen LogP contribution in [0.25, 0.3) is 22.3 Å². The molecule has 3 aliphatic heterocycles. The fraction of sp³-hybridized carbons (Fsp3) is 0.481. The maximum absolute atomic E-state index is 5.51. The van der Waals surface area contributed by atoms with E-state index in [9.17, 15) is 0 Å². The second-order valence-corrected chi connectivity index (χ2v) is 9.98. The van der Waals surface area contributed by atoms with Crippen LogP contribution in [0.3, 0.4) is 0 Å². The van der Waals surface area contributed by atoms with Crippen molar-refractivity contribution in [3.8, 4) is 17.1 Å². The molecule has 172 valence electrons. The molecule has 0 bridgehead atoms. The third-order valence-electron chi connectivity index (χ3n) is 7.82. The number of methoxy groups -OCH3 is 1. The Balaban J connectivity index is 1.38. The van der Waals surface area contributed by atoms with Crippen molar-refractivity contribution in [1.29, 1.82) is 0 Å². The van der Waals surface area contributed by atoms with E-state index >= 15 is 0 Å². The maximum Gasteiger partial charge on any atom is 0.121 e. The number of aromatic nitrogens is 2. The summed E-state index contributed by atoms with van der Waals surface area (Å²) >= 11 is 0. The number of piperidine rings is 1. The van der Waals surface area contributed by atoms with Gasteiger partial charge >= 0.3 is 0 Å². The summed E-state index contributed by atoms with van der Waals surface area (Å²) in [5.74, 6) is 2.36. The minimum absolute atomic E-state index is 0.742. The zero-order valence-corrected chi connectivity index (χ0v) is 19.7. The highest BCUT2D eigenvalue weighted by Gasteiger charge is 2.36. The average molecular weight is 444 g/mol. The topological polar surface area (TPSA) is 44.7 Å². The van der Waals surface area contributed by atoms with Crippen molar-refractivity contribution < 1.29 is 4.74 Å². The molecule has 6 rings (SSSR count). The molecule has 3 aliphatic rings. The fourth-order valence-corrected chi connectivity index (χ4v) is 5.96. The Hall–Kier alpha value is -2.86. The van der Waals surface area contributed by atoms with E-state index in [1.54, 1.807) is 7.11 Å². The molecule has 5 heterocycles. The van der Waals surface area contributed by atoms with Gasteiger partial charge in [-0.3, -0.25) is 4.98 Å². The lowest BCUT2D eigenvalue weighted by molar-refractivity contribution is 0.178. The molecule has 3 aromatic rings. The minimum Gasteiger partial charge on any atom is -0.497 e. The molecule has 33 heavy (non-hydrogen) atoms. The molecule has 2 atom stereocenters. The quantitative estimate of drug-likeness (QED) is 0.599. The summed E-state index contributed by atoms with van der Waals surface area (Å²) in [5, 5.41) is 1.19. The van der Waals surface area contributed by atoms with Crippen LogP contribution in [0.4, 0.5) is 11.4 Å². The minimum atomic E-state index is 0.742. The summed E-state index contributed by atoms with van der Waals surface area (Å²) < 4.78 is 5.51. The van der Waals surface area contributed by atoms with E-state index in [0.29, 0.717) is 0 Å². The number of anilines is 2. The van der Waals surface area contributed by atoms with Gasteiger partial charge in [-0.05, 0) is 75.0 Å². The van der Waals surface area contributed by atoms with Crippen LogP contribution in [0.1, 0.15) is 19.3 Å². The van der Waals surface area contributed by atoms with Gasteiger partial charge < -0.3 is 19.4 Å². The first-order valence-electron chi connectivity index (χ1n) is 12.3. The van der Waals surface area contributed by atoms with E-state index in [1.807, 2.05) is 12.3 Å². The molecule has 0 amide bonds. The largest absolute Gasteiger partial charge is 0.497 e.